The molecule has 4 aliphatic carbocycles. The summed E-state index contributed by atoms with van der Waals surface area (Å²) in [5.74, 6) is 2.37. The van der Waals surface area contributed by atoms with Crippen molar-refractivity contribution in [3.8, 4) is 0 Å². The van der Waals surface area contributed by atoms with E-state index in [2.05, 4.69) is 17.3 Å². The molecule has 112 valence electrons. The Kier molecular flexibility index (Phi) is 2.23. The van der Waals surface area contributed by atoms with E-state index in [1.807, 2.05) is 13.0 Å². The lowest BCUT2D eigenvalue weighted by molar-refractivity contribution is -0.140. The van der Waals surface area contributed by atoms with Gasteiger partial charge in [0.2, 0.25) is 0 Å². The summed E-state index contributed by atoms with van der Waals surface area (Å²) in [6.45, 7) is 1.84. The first-order chi connectivity index (χ1) is 10.6. The van der Waals surface area contributed by atoms with Gasteiger partial charge in [-0.2, -0.15) is 10.1 Å². The summed E-state index contributed by atoms with van der Waals surface area (Å²) < 4.78 is 5.40. The SMILES string of the molecule is Cc1ccc(C=NN2C(=O)[C@@H]3[C@H]4C=C[C@@H]([C@@H]5C[C@@H]45)[C@H]3C2=O)o1. The molecule has 5 nitrogen and oxygen atoms in total. The van der Waals surface area contributed by atoms with Crippen LogP contribution in [0.25, 0.3) is 0 Å². The second-order valence-electron chi connectivity index (χ2n) is 6.84. The van der Waals surface area contributed by atoms with Crippen LogP contribution in [0.2, 0.25) is 0 Å². The highest BCUT2D eigenvalue weighted by molar-refractivity contribution is 6.06. The summed E-state index contributed by atoms with van der Waals surface area (Å²) >= 11 is 0. The van der Waals surface area contributed by atoms with Crippen LogP contribution < -0.4 is 0 Å². The molecule has 1 aromatic heterocycles. The van der Waals surface area contributed by atoms with Crippen LogP contribution in [-0.4, -0.2) is 23.0 Å². The average Bonchev–Trinajstić information content (AvgIpc) is 3.19. The number of rotatable bonds is 2. The molecule has 2 saturated carbocycles. The molecule has 5 heteroatoms. The van der Waals surface area contributed by atoms with Crippen LogP contribution in [0.1, 0.15) is 17.9 Å². The minimum atomic E-state index is -0.193. The smallest absolute Gasteiger partial charge is 0.254 e. The Hall–Kier alpha value is -2.17. The molecule has 1 aliphatic heterocycles. The predicted molar refractivity (Wildman–Crippen MR) is 77.6 cm³/mol. The molecule has 5 aliphatic rings. The molecule has 0 radical (unpaired) electrons. The van der Waals surface area contributed by atoms with Gasteiger partial charge in [0, 0.05) is 0 Å². The van der Waals surface area contributed by atoms with Gasteiger partial charge in [-0.25, -0.2) is 0 Å². The third-order valence-electron chi connectivity index (χ3n) is 5.70. The maximum absolute atomic E-state index is 12.7. The van der Waals surface area contributed by atoms with Gasteiger partial charge >= 0.3 is 0 Å². The number of carbonyl (C=O) groups is 2. The second-order valence-corrected chi connectivity index (χ2v) is 6.84. The van der Waals surface area contributed by atoms with Gasteiger partial charge in [-0.3, -0.25) is 9.59 Å². The normalized spacial score (nSPS) is 41.4. The Morgan fingerprint density at radius 2 is 1.77 bits per heavy atom. The van der Waals surface area contributed by atoms with E-state index < -0.39 is 0 Å². The van der Waals surface area contributed by atoms with E-state index in [1.54, 1.807) is 6.07 Å². The summed E-state index contributed by atoms with van der Waals surface area (Å²) in [5.41, 5.74) is 0. The van der Waals surface area contributed by atoms with Gasteiger partial charge < -0.3 is 4.42 Å². The Labute approximate surface area is 127 Å². The number of furan rings is 1. The van der Waals surface area contributed by atoms with E-state index in [9.17, 15) is 9.59 Å². The summed E-state index contributed by atoms with van der Waals surface area (Å²) in [6, 6.07) is 3.60. The highest BCUT2D eigenvalue weighted by Gasteiger charge is 2.67. The van der Waals surface area contributed by atoms with Gasteiger partial charge in [0.25, 0.3) is 11.8 Å². The molecule has 0 N–H and O–H groups in total. The van der Waals surface area contributed by atoms with Crippen molar-refractivity contribution in [3.05, 3.63) is 35.8 Å². The minimum absolute atomic E-state index is 0.140. The maximum atomic E-state index is 12.7. The molecule has 0 aromatic carbocycles. The number of amides is 2. The molecular weight excluding hydrogens is 280 g/mol. The van der Waals surface area contributed by atoms with E-state index >= 15 is 0 Å². The third-order valence-corrected chi connectivity index (χ3v) is 5.70. The first kappa shape index (κ1) is 12.4. The van der Waals surface area contributed by atoms with Crippen LogP contribution in [0.15, 0.2) is 33.8 Å². The van der Waals surface area contributed by atoms with E-state index in [0.717, 1.165) is 10.8 Å². The first-order valence-electron chi connectivity index (χ1n) is 7.82. The fourth-order valence-electron chi connectivity index (χ4n) is 4.69. The van der Waals surface area contributed by atoms with Gasteiger partial charge in [-0.05, 0) is 49.1 Å². The lowest BCUT2D eigenvalue weighted by Crippen LogP contribution is -2.40. The number of hydrazone groups is 1. The number of imide groups is 1. The predicted octanol–water partition coefficient (Wildman–Crippen LogP) is 1.98. The highest BCUT2D eigenvalue weighted by Crippen LogP contribution is 2.65. The lowest BCUT2D eigenvalue weighted by atomic mass is 9.63. The van der Waals surface area contributed by atoms with Crippen LogP contribution in [0.3, 0.4) is 0 Å². The zero-order chi connectivity index (χ0) is 15.0. The number of aryl methyl sites for hydroxylation is 1. The van der Waals surface area contributed by atoms with Gasteiger partial charge in [0.1, 0.15) is 11.5 Å². The Morgan fingerprint density at radius 1 is 1.14 bits per heavy atom. The van der Waals surface area contributed by atoms with Crippen LogP contribution in [-0.2, 0) is 9.59 Å². The van der Waals surface area contributed by atoms with E-state index in [1.165, 1.54) is 12.6 Å². The second kappa shape index (κ2) is 3.97. The van der Waals surface area contributed by atoms with Crippen molar-refractivity contribution in [2.75, 3.05) is 0 Å². The molecule has 0 spiro atoms. The molecule has 1 aromatic rings. The highest BCUT2D eigenvalue weighted by atomic mass is 16.3. The van der Waals surface area contributed by atoms with E-state index in [0.29, 0.717) is 17.6 Å². The monoisotopic (exact) mass is 296 g/mol. The van der Waals surface area contributed by atoms with Crippen molar-refractivity contribution in [1.82, 2.24) is 5.01 Å². The fraction of sp³-hybridized carbons (Fsp3) is 0.471. The maximum Gasteiger partial charge on any atom is 0.254 e. The average molecular weight is 296 g/mol. The van der Waals surface area contributed by atoms with Crippen molar-refractivity contribution >= 4 is 18.0 Å². The fourth-order valence-corrected chi connectivity index (χ4v) is 4.69. The minimum Gasteiger partial charge on any atom is -0.460 e. The Bertz CT molecular complexity index is 711. The van der Waals surface area contributed by atoms with Gasteiger partial charge in [-0.1, -0.05) is 12.2 Å². The number of hydrogen-bond acceptors (Lipinski definition) is 4. The van der Waals surface area contributed by atoms with Crippen molar-refractivity contribution in [2.45, 2.75) is 13.3 Å². The zero-order valence-corrected chi connectivity index (χ0v) is 12.2. The van der Waals surface area contributed by atoms with Gasteiger partial charge in [0.05, 0.1) is 18.1 Å². The standard InChI is InChI=1S/C17H16N2O3/c1-8-2-3-9(22-8)7-18-19-16(20)14-10-4-5-11(13-6-12(10)13)15(14)17(19)21/h2-5,7,10-15H,6H2,1H3/t10-,11-,12-,13-,14+,15+/m0/s1. The van der Waals surface area contributed by atoms with Gasteiger partial charge in [0.15, 0.2) is 0 Å². The lowest BCUT2D eigenvalue weighted by Gasteiger charge is -2.37. The van der Waals surface area contributed by atoms with Gasteiger partial charge in [-0.15, -0.1) is 0 Å². The Balaban J connectivity index is 1.46. The molecule has 6 atom stereocenters. The van der Waals surface area contributed by atoms with E-state index in [4.69, 9.17) is 4.42 Å². The number of hydrogen-bond donors (Lipinski definition) is 0. The summed E-state index contributed by atoms with van der Waals surface area (Å²) in [7, 11) is 0. The molecular formula is C17H16N2O3. The summed E-state index contributed by atoms with van der Waals surface area (Å²) in [6.07, 6.45) is 6.95. The van der Waals surface area contributed by atoms with Crippen LogP contribution in [0, 0.1) is 42.4 Å². The van der Waals surface area contributed by atoms with Crippen molar-refractivity contribution in [1.29, 1.82) is 0 Å². The van der Waals surface area contributed by atoms with Crippen LogP contribution >= 0.6 is 0 Å². The molecule has 2 bridgehead atoms. The first-order valence-corrected chi connectivity index (χ1v) is 7.82. The molecule has 0 unspecified atom stereocenters. The topological polar surface area (TPSA) is 62.9 Å². The Morgan fingerprint density at radius 3 is 2.32 bits per heavy atom. The number of allylic oxidation sites excluding steroid dienone is 2. The number of carbonyl (C=O) groups excluding carboxylic acids is 2. The molecule has 3 fully saturated rings. The van der Waals surface area contributed by atoms with Crippen molar-refractivity contribution < 1.29 is 14.0 Å². The number of nitrogens with zero attached hydrogens (tertiary/aromatic N) is 2. The van der Waals surface area contributed by atoms with E-state index in [-0.39, 0.29) is 35.5 Å². The van der Waals surface area contributed by atoms with Crippen LogP contribution in [0.5, 0.6) is 0 Å². The van der Waals surface area contributed by atoms with Crippen molar-refractivity contribution in [2.24, 2.45) is 40.6 Å². The molecule has 22 heavy (non-hydrogen) atoms. The molecule has 2 heterocycles. The largest absolute Gasteiger partial charge is 0.460 e. The summed E-state index contributed by atoms with van der Waals surface area (Å²) in [4.78, 5) is 25.3. The quantitative estimate of drug-likeness (QED) is 0.476. The molecule has 6 rings (SSSR count). The third kappa shape index (κ3) is 1.46. The summed E-state index contributed by atoms with van der Waals surface area (Å²) in [5, 5.41) is 5.19. The molecule has 2 amide bonds. The zero-order valence-electron chi connectivity index (χ0n) is 12.2. The van der Waals surface area contributed by atoms with Crippen molar-refractivity contribution in [3.63, 3.8) is 0 Å². The van der Waals surface area contributed by atoms with Crippen LogP contribution in [0.4, 0.5) is 0 Å². The molecule has 1 saturated heterocycles.